The molecule has 0 bridgehead atoms. The zero-order chi connectivity index (χ0) is 18.9. The molecule has 3 heterocycles. The maximum Gasteiger partial charge on any atom is 0.310 e. The number of hydrogen-bond acceptors (Lipinski definition) is 5. The van der Waals surface area contributed by atoms with Gasteiger partial charge in [-0.15, -0.1) is 0 Å². The Kier molecular flexibility index (Phi) is 3.94. The third kappa shape index (κ3) is 2.85. The summed E-state index contributed by atoms with van der Waals surface area (Å²) in [6, 6.07) is 18.9. The van der Waals surface area contributed by atoms with Gasteiger partial charge in [0.1, 0.15) is 0 Å². The number of hydrazone groups is 1. The highest BCUT2D eigenvalue weighted by Crippen LogP contribution is 2.34. The van der Waals surface area contributed by atoms with Crippen molar-refractivity contribution in [1.29, 1.82) is 0 Å². The Morgan fingerprint density at radius 3 is 2.57 bits per heavy atom. The summed E-state index contributed by atoms with van der Waals surface area (Å²) < 4.78 is 5.31. The molecule has 0 saturated heterocycles. The van der Waals surface area contributed by atoms with E-state index in [4.69, 9.17) is 4.42 Å². The number of fused-ring (bicyclic) bond motifs is 1. The van der Waals surface area contributed by atoms with E-state index in [-0.39, 0.29) is 17.7 Å². The number of nitrogens with zero attached hydrogens (tertiary/aromatic N) is 4. The van der Waals surface area contributed by atoms with E-state index >= 15 is 0 Å². The van der Waals surface area contributed by atoms with Crippen LogP contribution < -0.4 is 0 Å². The fourth-order valence-corrected chi connectivity index (χ4v) is 3.46. The third-order valence-electron chi connectivity index (χ3n) is 4.84. The molecule has 6 heteroatoms. The predicted octanol–water partition coefficient (Wildman–Crippen LogP) is 4.21. The quantitative estimate of drug-likeness (QED) is 0.543. The molecule has 0 N–H and O–H groups in total. The second-order valence-corrected chi connectivity index (χ2v) is 6.56. The maximum absolute atomic E-state index is 13.0. The van der Waals surface area contributed by atoms with Crippen molar-refractivity contribution < 1.29 is 9.21 Å². The molecule has 2 aromatic carbocycles. The molecule has 1 aliphatic rings. The van der Waals surface area contributed by atoms with Crippen molar-refractivity contribution in [2.75, 3.05) is 0 Å². The van der Waals surface area contributed by atoms with E-state index < -0.39 is 0 Å². The summed E-state index contributed by atoms with van der Waals surface area (Å²) in [6.45, 7) is 0. The Balaban J connectivity index is 1.56. The minimum absolute atomic E-state index is 0.189. The van der Waals surface area contributed by atoms with Crippen LogP contribution in [0.5, 0.6) is 0 Å². The van der Waals surface area contributed by atoms with Gasteiger partial charge in [0.05, 0.1) is 29.1 Å². The number of benzene rings is 2. The van der Waals surface area contributed by atoms with E-state index in [2.05, 4.69) is 15.1 Å². The van der Waals surface area contributed by atoms with Crippen LogP contribution in [0, 0.1) is 0 Å². The highest BCUT2D eigenvalue weighted by atomic mass is 16.3. The zero-order valence-corrected chi connectivity index (χ0v) is 14.9. The maximum atomic E-state index is 13.0. The molecule has 1 atom stereocenters. The van der Waals surface area contributed by atoms with Crippen LogP contribution in [0.15, 0.2) is 88.8 Å². The summed E-state index contributed by atoms with van der Waals surface area (Å²) in [5, 5.41) is 6.19. The molecule has 0 fully saturated rings. The first kappa shape index (κ1) is 16.4. The first-order chi connectivity index (χ1) is 13.8. The van der Waals surface area contributed by atoms with Gasteiger partial charge in [-0.1, -0.05) is 36.4 Å². The van der Waals surface area contributed by atoms with Gasteiger partial charge in [-0.3, -0.25) is 14.8 Å². The molecule has 0 spiro atoms. The Hall–Kier alpha value is -3.80. The second kappa shape index (κ2) is 6.74. The van der Waals surface area contributed by atoms with Crippen LogP contribution in [0.1, 0.15) is 34.1 Å². The van der Waals surface area contributed by atoms with Crippen molar-refractivity contribution in [2.24, 2.45) is 5.10 Å². The Morgan fingerprint density at radius 1 is 0.964 bits per heavy atom. The molecule has 2 aromatic heterocycles. The van der Waals surface area contributed by atoms with E-state index in [1.165, 1.54) is 11.3 Å². The Morgan fingerprint density at radius 2 is 1.79 bits per heavy atom. The van der Waals surface area contributed by atoms with Crippen molar-refractivity contribution in [3.05, 3.63) is 96.2 Å². The summed E-state index contributed by atoms with van der Waals surface area (Å²) in [4.78, 5) is 21.7. The highest BCUT2D eigenvalue weighted by Gasteiger charge is 2.34. The smallest absolute Gasteiger partial charge is 0.310 e. The van der Waals surface area contributed by atoms with E-state index in [1.54, 1.807) is 24.5 Å². The van der Waals surface area contributed by atoms with Gasteiger partial charge in [-0.2, -0.15) is 5.10 Å². The Bertz CT molecular complexity index is 1170. The average molecular weight is 368 g/mol. The molecule has 136 valence electrons. The standard InChI is InChI=1S/C22H16N4O2/c27-22(21-7-4-12-28-21)26-20(15-5-2-1-3-6-15)14-18(25-26)16-8-9-17-19(13-16)24-11-10-23-17/h1-13,20H,14H2. The summed E-state index contributed by atoms with van der Waals surface area (Å²) in [5.41, 5.74) is 4.43. The molecular formula is C22H16N4O2. The topological polar surface area (TPSA) is 71.6 Å². The van der Waals surface area contributed by atoms with Gasteiger partial charge >= 0.3 is 5.91 Å². The zero-order valence-electron chi connectivity index (χ0n) is 14.9. The monoisotopic (exact) mass is 368 g/mol. The molecule has 28 heavy (non-hydrogen) atoms. The van der Waals surface area contributed by atoms with E-state index in [9.17, 15) is 4.79 Å². The fraction of sp³-hybridized carbons (Fsp3) is 0.0909. The van der Waals surface area contributed by atoms with Crippen LogP contribution in [0.2, 0.25) is 0 Å². The number of carbonyl (C=O) groups is 1. The first-order valence-electron chi connectivity index (χ1n) is 9.00. The number of hydrogen-bond donors (Lipinski definition) is 0. The van der Waals surface area contributed by atoms with E-state index in [0.717, 1.165) is 27.9 Å². The number of aromatic nitrogens is 2. The molecule has 4 aromatic rings. The lowest BCUT2D eigenvalue weighted by Crippen LogP contribution is -2.26. The highest BCUT2D eigenvalue weighted by molar-refractivity contribution is 6.06. The molecule has 0 radical (unpaired) electrons. The van der Waals surface area contributed by atoms with Crippen molar-refractivity contribution in [2.45, 2.75) is 12.5 Å². The molecule has 5 rings (SSSR count). The van der Waals surface area contributed by atoms with Crippen LogP contribution in [0.3, 0.4) is 0 Å². The normalized spacial score (nSPS) is 16.4. The van der Waals surface area contributed by atoms with Gasteiger partial charge in [0.15, 0.2) is 5.76 Å². The first-order valence-corrected chi connectivity index (χ1v) is 9.00. The number of furan rings is 1. The molecule has 0 saturated carbocycles. The third-order valence-corrected chi connectivity index (χ3v) is 4.84. The van der Waals surface area contributed by atoms with Gasteiger partial charge in [0, 0.05) is 24.4 Å². The summed E-state index contributed by atoms with van der Waals surface area (Å²) in [7, 11) is 0. The number of rotatable bonds is 3. The number of carbonyl (C=O) groups excluding carboxylic acids is 1. The van der Waals surface area contributed by atoms with Crippen molar-refractivity contribution in [3.63, 3.8) is 0 Å². The van der Waals surface area contributed by atoms with E-state index in [0.29, 0.717) is 6.42 Å². The van der Waals surface area contributed by atoms with Crippen LogP contribution in [0.4, 0.5) is 0 Å². The van der Waals surface area contributed by atoms with Gasteiger partial charge in [-0.25, -0.2) is 5.01 Å². The van der Waals surface area contributed by atoms with Crippen LogP contribution in [0.25, 0.3) is 11.0 Å². The predicted molar refractivity (Wildman–Crippen MR) is 105 cm³/mol. The van der Waals surface area contributed by atoms with Crippen LogP contribution in [-0.2, 0) is 0 Å². The van der Waals surface area contributed by atoms with Crippen molar-refractivity contribution >= 4 is 22.7 Å². The molecule has 6 nitrogen and oxygen atoms in total. The molecule has 0 aliphatic carbocycles. The lowest BCUT2D eigenvalue weighted by molar-refractivity contribution is 0.0678. The van der Waals surface area contributed by atoms with Crippen molar-refractivity contribution in [3.8, 4) is 0 Å². The average Bonchev–Trinajstić information content (AvgIpc) is 3.44. The number of amides is 1. The fourth-order valence-electron chi connectivity index (χ4n) is 3.46. The van der Waals surface area contributed by atoms with Crippen LogP contribution in [-0.4, -0.2) is 26.6 Å². The molecule has 1 aliphatic heterocycles. The minimum Gasteiger partial charge on any atom is -0.459 e. The minimum atomic E-state index is -0.255. The molecule has 1 unspecified atom stereocenters. The Labute approximate surface area is 161 Å². The lowest BCUT2D eigenvalue weighted by atomic mass is 9.98. The lowest BCUT2D eigenvalue weighted by Gasteiger charge is -2.21. The second-order valence-electron chi connectivity index (χ2n) is 6.56. The van der Waals surface area contributed by atoms with Gasteiger partial charge in [-0.05, 0) is 29.8 Å². The van der Waals surface area contributed by atoms with Crippen molar-refractivity contribution in [1.82, 2.24) is 15.0 Å². The molecule has 1 amide bonds. The van der Waals surface area contributed by atoms with Gasteiger partial charge in [0.2, 0.25) is 0 Å². The summed E-state index contributed by atoms with van der Waals surface area (Å²) in [6.07, 6.45) is 5.45. The van der Waals surface area contributed by atoms with Crippen LogP contribution >= 0.6 is 0 Å². The van der Waals surface area contributed by atoms with Gasteiger partial charge in [0.25, 0.3) is 0 Å². The summed E-state index contributed by atoms with van der Waals surface area (Å²) >= 11 is 0. The SMILES string of the molecule is O=C(c1ccco1)N1N=C(c2ccc3nccnc3c2)CC1c1ccccc1. The molecular weight excluding hydrogens is 352 g/mol. The largest absolute Gasteiger partial charge is 0.459 e. The van der Waals surface area contributed by atoms with Gasteiger partial charge < -0.3 is 4.42 Å². The van der Waals surface area contributed by atoms with E-state index in [1.807, 2.05) is 48.5 Å². The summed E-state index contributed by atoms with van der Waals surface area (Å²) in [5.74, 6) is 0.0183.